The van der Waals surface area contributed by atoms with Crippen LogP contribution in [0.25, 0.3) is 11.3 Å². The topological polar surface area (TPSA) is 131 Å². The quantitative estimate of drug-likeness (QED) is 0.756. The Balaban J connectivity index is 0.000000412. The number of hydrogen-bond donors (Lipinski definition) is 1. The van der Waals surface area contributed by atoms with Crippen LogP contribution in [0, 0.1) is 11.3 Å². The van der Waals surface area contributed by atoms with Crippen LogP contribution in [-0.2, 0) is 16.1 Å². The van der Waals surface area contributed by atoms with E-state index in [9.17, 15) is 18.0 Å². The molecular weight excluding hydrogens is 357 g/mol. The maximum atomic E-state index is 10.5. The summed E-state index contributed by atoms with van der Waals surface area (Å²) >= 11 is 0. The summed E-state index contributed by atoms with van der Waals surface area (Å²) in [5.41, 5.74) is 2.04. The molecule has 0 radical (unpaired) electrons. The van der Waals surface area contributed by atoms with Gasteiger partial charge in [-0.25, -0.2) is 0 Å². The lowest BCUT2D eigenvalue weighted by Gasteiger charge is -2.03. The Bertz CT molecular complexity index is 800. The van der Waals surface area contributed by atoms with Gasteiger partial charge in [-0.3, -0.25) is 9.78 Å². The highest BCUT2D eigenvalue weighted by atomic mass is 19.4. The fraction of sp³-hybridized carbons (Fsp3) is 0.200. The van der Waals surface area contributed by atoms with Crippen molar-refractivity contribution in [3.8, 4) is 17.3 Å². The van der Waals surface area contributed by atoms with E-state index in [1.165, 1.54) is 6.20 Å². The Labute approximate surface area is 144 Å². The minimum absolute atomic E-state index is 0.0339. The molecule has 2 aromatic heterocycles. The van der Waals surface area contributed by atoms with Crippen LogP contribution in [0.2, 0.25) is 0 Å². The van der Waals surface area contributed by atoms with Crippen LogP contribution >= 0.6 is 0 Å². The van der Waals surface area contributed by atoms with E-state index in [1.807, 2.05) is 12.1 Å². The zero-order valence-electron chi connectivity index (χ0n) is 13.0. The summed E-state index contributed by atoms with van der Waals surface area (Å²) in [6.07, 6.45) is -0.332. The number of halogens is 3. The Morgan fingerprint density at radius 3 is 2.31 bits per heavy atom. The first-order valence-electron chi connectivity index (χ1n) is 6.85. The minimum atomic E-state index is -5.19. The second-order valence-corrected chi connectivity index (χ2v) is 4.65. The predicted octanol–water partition coefficient (Wildman–Crippen LogP) is 0.0761. The molecule has 11 heteroatoms. The lowest BCUT2D eigenvalue weighted by molar-refractivity contribution is -0.752. The number of aryl methyl sites for hydroxylation is 1. The van der Waals surface area contributed by atoms with Crippen LogP contribution < -0.4 is 9.79 Å². The zero-order chi connectivity index (χ0) is 19.7. The first kappa shape index (κ1) is 20.5. The van der Waals surface area contributed by atoms with Crippen molar-refractivity contribution in [1.29, 1.82) is 5.26 Å². The molecule has 0 fully saturated rings. The molecule has 8 nitrogen and oxygen atoms in total. The normalized spacial score (nSPS) is 10.2. The second-order valence-electron chi connectivity index (χ2n) is 4.65. The number of nitrogens with zero attached hydrogens (tertiary/aromatic N) is 4. The number of hydrogen-bond acceptors (Lipinski definition) is 6. The van der Waals surface area contributed by atoms with Gasteiger partial charge in [-0.05, 0) is 17.2 Å². The number of carbonyl (C=O) groups excluding carboxylic acids is 1. The van der Waals surface area contributed by atoms with Crippen LogP contribution in [0.15, 0.2) is 36.8 Å². The van der Waals surface area contributed by atoms with E-state index < -0.39 is 18.1 Å². The molecule has 0 aliphatic heterocycles. The Morgan fingerprint density at radius 1 is 1.27 bits per heavy atom. The van der Waals surface area contributed by atoms with E-state index in [4.69, 9.17) is 20.3 Å². The van der Waals surface area contributed by atoms with Crippen molar-refractivity contribution in [2.75, 3.05) is 0 Å². The lowest BCUT2D eigenvalue weighted by Crippen LogP contribution is -2.38. The first-order valence-corrected chi connectivity index (χ1v) is 6.85. The SMILES string of the molecule is N#Cc1ccc(-c2cc[n+](CCC(=O)O)nc2)nc1.O=C([O-])C(F)(F)F. The molecular formula is C15H11F3N4O4. The molecule has 0 saturated carbocycles. The van der Waals surface area contributed by atoms with Gasteiger partial charge in [-0.15, -0.1) is 0 Å². The van der Waals surface area contributed by atoms with E-state index >= 15 is 0 Å². The zero-order valence-corrected chi connectivity index (χ0v) is 13.0. The maximum absolute atomic E-state index is 10.5. The fourth-order valence-corrected chi connectivity index (χ4v) is 1.51. The first-order chi connectivity index (χ1) is 12.1. The Morgan fingerprint density at radius 2 is 1.92 bits per heavy atom. The summed E-state index contributed by atoms with van der Waals surface area (Å²) in [5.74, 6) is -3.86. The summed E-state index contributed by atoms with van der Waals surface area (Å²) in [5, 5.41) is 30.2. The van der Waals surface area contributed by atoms with Crippen molar-refractivity contribution in [2.24, 2.45) is 0 Å². The molecule has 2 rings (SSSR count). The fourth-order valence-electron chi connectivity index (χ4n) is 1.51. The molecule has 0 spiro atoms. The van der Waals surface area contributed by atoms with Gasteiger partial charge in [0, 0.05) is 17.8 Å². The van der Waals surface area contributed by atoms with Crippen LogP contribution in [0.3, 0.4) is 0 Å². The molecule has 136 valence electrons. The number of pyridine rings is 1. The molecule has 2 aromatic rings. The third-order valence-electron chi connectivity index (χ3n) is 2.75. The molecule has 0 aromatic carbocycles. The summed E-state index contributed by atoms with van der Waals surface area (Å²) in [7, 11) is 0. The summed E-state index contributed by atoms with van der Waals surface area (Å²) in [6.45, 7) is 0.330. The van der Waals surface area contributed by atoms with Crippen LogP contribution in [0.4, 0.5) is 13.2 Å². The Hall–Kier alpha value is -3.55. The van der Waals surface area contributed by atoms with Crippen molar-refractivity contribution in [2.45, 2.75) is 19.1 Å². The van der Waals surface area contributed by atoms with Crippen molar-refractivity contribution < 1.29 is 37.7 Å². The lowest BCUT2D eigenvalue weighted by atomic mass is 10.2. The maximum Gasteiger partial charge on any atom is 0.430 e. The summed E-state index contributed by atoms with van der Waals surface area (Å²) in [6, 6.07) is 7.25. The van der Waals surface area contributed by atoms with E-state index in [2.05, 4.69) is 10.1 Å². The number of aliphatic carboxylic acids is 2. The highest BCUT2D eigenvalue weighted by Crippen LogP contribution is 2.14. The summed E-state index contributed by atoms with van der Waals surface area (Å²) < 4.78 is 33.1. The van der Waals surface area contributed by atoms with Gasteiger partial charge in [0.1, 0.15) is 24.7 Å². The largest absolute Gasteiger partial charge is 0.542 e. The molecule has 0 aliphatic rings. The molecule has 0 unspecified atom stereocenters. The van der Waals surface area contributed by atoms with Crippen LogP contribution in [-0.4, -0.2) is 33.3 Å². The van der Waals surface area contributed by atoms with Crippen LogP contribution in [0.5, 0.6) is 0 Å². The molecule has 26 heavy (non-hydrogen) atoms. The number of aromatic nitrogens is 3. The second kappa shape index (κ2) is 9.07. The van der Waals surface area contributed by atoms with Crippen molar-refractivity contribution >= 4 is 11.9 Å². The molecule has 0 saturated heterocycles. The number of alkyl halides is 3. The van der Waals surface area contributed by atoms with E-state index in [0.717, 1.165) is 11.3 Å². The van der Waals surface area contributed by atoms with Gasteiger partial charge in [0.2, 0.25) is 0 Å². The minimum Gasteiger partial charge on any atom is -0.542 e. The number of carboxylic acids is 2. The standard InChI is InChI=1S/C13H10N4O2.C2HF3O2/c14-7-10-1-2-12(15-8-10)11-3-5-17(16-9-11)6-4-13(18)19;3-2(4,5)1(6)7/h1-3,5,8-9H,4,6H2;(H,6,7). The third kappa shape index (κ3) is 6.91. The Kier molecular flexibility index (Phi) is 7.15. The number of carboxylic acid groups (broad SMARTS) is 2. The number of nitriles is 1. The summed E-state index contributed by atoms with van der Waals surface area (Å²) in [4.78, 5) is 23.4. The molecule has 0 amide bonds. The molecule has 2 heterocycles. The third-order valence-corrected chi connectivity index (χ3v) is 2.75. The van der Waals surface area contributed by atoms with E-state index in [1.54, 1.807) is 29.2 Å². The van der Waals surface area contributed by atoms with E-state index in [0.29, 0.717) is 12.1 Å². The predicted molar refractivity (Wildman–Crippen MR) is 75.7 cm³/mol. The monoisotopic (exact) mass is 368 g/mol. The average Bonchev–Trinajstić information content (AvgIpc) is 2.60. The highest BCUT2D eigenvalue weighted by Gasteiger charge is 2.28. The molecule has 0 atom stereocenters. The van der Waals surface area contributed by atoms with Crippen molar-refractivity contribution in [3.05, 3.63) is 42.4 Å². The average molecular weight is 368 g/mol. The molecule has 0 aliphatic carbocycles. The molecule has 1 N–H and O–H groups in total. The van der Waals surface area contributed by atoms with Gasteiger partial charge in [-0.2, -0.15) is 18.4 Å². The van der Waals surface area contributed by atoms with Gasteiger partial charge >= 0.3 is 12.1 Å². The van der Waals surface area contributed by atoms with Crippen LogP contribution in [0.1, 0.15) is 12.0 Å². The molecule has 0 bridgehead atoms. The van der Waals surface area contributed by atoms with Gasteiger partial charge in [0.25, 0.3) is 0 Å². The van der Waals surface area contributed by atoms with Crippen molar-refractivity contribution in [1.82, 2.24) is 10.1 Å². The van der Waals surface area contributed by atoms with Gasteiger partial charge < -0.3 is 15.0 Å². The van der Waals surface area contributed by atoms with Crippen molar-refractivity contribution in [3.63, 3.8) is 0 Å². The van der Waals surface area contributed by atoms with E-state index in [-0.39, 0.29) is 6.42 Å². The highest BCUT2D eigenvalue weighted by molar-refractivity contribution is 5.70. The number of rotatable bonds is 4. The van der Waals surface area contributed by atoms with Gasteiger partial charge in [0.15, 0.2) is 12.7 Å². The van der Waals surface area contributed by atoms with Gasteiger partial charge in [0.05, 0.1) is 11.3 Å². The van der Waals surface area contributed by atoms with Gasteiger partial charge in [-0.1, -0.05) is 4.68 Å². The smallest absolute Gasteiger partial charge is 0.430 e. The number of carbonyl (C=O) groups is 2.